The highest BCUT2D eigenvalue weighted by atomic mass is 19.1. The number of aryl methyl sites for hydroxylation is 1. The molecule has 1 aromatic carbocycles. The van der Waals surface area contributed by atoms with Gasteiger partial charge in [0.05, 0.1) is 6.20 Å². The van der Waals surface area contributed by atoms with Gasteiger partial charge >= 0.3 is 0 Å². The van der Waals surface area contributed by atoms with Crippen LogP contribution in [-0.2, 0) is 6.42 Å². The van der Waals surface area contributed by atoms with Crippen LogP contribution in [-0.4, -0.2) is 17.0 Å². The Morgan fingerprint density at radius 3 is 2.53 bits per heavy atom. The summed E-state index contributed by atoms with van der Waals surface area (Å²) in [5, 5.41) is 2.80. The average Bonchev–Trinajstić information content (AvgIpc) is 2.39. The SMILES string of the molecule is CCc1ccc(-c2nc(NC)ncc2F)cc1. The van der Waals surface area contributed by atoms with Crippen LogP contribution in [0.3, 0.4) is 0 Å². The molecule has 0 saturated heterocycles. The molecule has 0 aliphatic carbocycles. The summed E-state index contributed by atoms with van der Waals surface area (Å²) < 4.78 is 13.6. The fraction of sp³-hybridized carbons (Fsp3) is 0.231. The lowest BCUT2D eigenvalue weighted by atomic mass is 10.1. The fourth-order valence-corrected chi connectivity index (χ4v) is 1.59. The molecule has 1 heterocycles. The second-order valence-corrected chi connectivity index (χ2v) is 3.69. The maximum Gasteiger partial charge on any atom is 0.223 e. The van der Waals surface area contributed by atoms with Gasteiger partial charge in [0, 0.05) is 12.6 Å². The fourth-order valence-electron chi connectivity index (χ4n) is 1.59. The molecule has 2 rings (SSSR count). The summed E-state index contributed by atoms with van der Waals surface area (Å²) in [5.74, 6) is 0.00853. The van der Waals surface area contributed by atoms with Gasteiger partial charge in [-0.1, -0.05) is 31.2 Å². The van der Waals surface area contributed by atoms with Crippen LogP contribution in [0.4, 0.5) is 10.3 Å². The van der Waals surface area contributed by atoms with E-state index in [0.717, 1.165) is 12.0 Å². The highest BCUT2D eigenvalue weighted by molar-refractivity contribution is 5.61. The molecule has 88 valence electrons. The van der Waals surface area contributed by atoms with Gasteiger partial charge < -0.3 is 5.32 Å². The van der Waals surface area contributed by atoms with E-state index in [9.17, 15) is 4.39 Å². The molecule has 0 atom stereocenters. The Morgan fingerprint density at radius 1 is 1.24 bits per heavy atom. The largest absolute Gasteiger partial charge is 0.357 e. The first-order chi connectivity index (χ1) is 8.24. The highest BCUT2D eigenvalue weighted by Crippen LogP contribution is 2.21. The average molecular weight is 231 g/mol. The summed E-state index contributed by atoms with van der Waals surface area (Å²) in [4.78, 5) is 7.94. The summed E-state index contributed by atoms with van der Waals surface area (Å²) in [5.41, 5.74) is 2.31. The molecule has 0 radical (unpaired) electrons. The molecule has 0 amide bonds. The van der Waals surface area contributed by atoms with E-state index in [4.69, 9.17) is 0 Å². The van der Waals surface area contributed by atoms with Crippen molar-refractivity contribution in [3.8, 4) is 11.3 Å². The summed E-state index contributed by atoms with van der Waals surface area (Å²) >= 11 is 0. The predicted molar refractivity (Wildman–Crippen MR) is 66.4 cm³/mol. The monoisotopic (exact) mass is 231 g/mol. The highest BCUT2D eigenvalue weighted by Gasteiger charge is 2.08. The van der Waals surface area contributed by atoms with Crippen molar-refractivity contribution in [2.24, 2.45) is 0 Å². The van der Waals surface area contributed by atoms with Gasteiger partial charge in [0.25, 0.3) is 0 Å². The van der Waals surface area contributed by atoms with Crippen LogP contribution in [0.1, 0.15) is 12.5 Å². The third kappa shape index (κ3) is 2.41. The predicted octanol–water partition coefficient (Wildman–Crippen LogP) is 2.89. The zero-order valence-electron chi connectivity index (χ0n) is 9.87. The number of benzene rings is 1. The van der Waals surface area contributed by atoms with Gasteiger partial charge in [-0.15, -0.1) is 0 Å². The minimum atomic E-state index is -0.409. The quantitative estimate of drug-likeness (QED) is 0.882. The molecule has 1 aromatic heterocycles. The first-order valence-corrected chi connectivity index (χ1v) is 5.54. The van der Waals surface area contributed by atoms with E-state index in [1.54, 1.807) is 7.05 Å². The normalized spacial score (nSPS) is 10.3. The van der Waals surface area contributed by atoms with Crippen molar-refractivity contribution < 1.29 is 4.39 Å². The Balaban J connectivity index is 2.43. The Morgan fingerprint density at radius 2 is 1.94 bits per heavy atom. The molecule has 0 fully saturated rings. The second kappa shape index (κ2) is 4.91. The number of hydrogen-bond acceptors (Lipinski definition) is 3. The van der Waals surface area contributed by atoms with Gasteiger partial charge in [-0.05, 0) is 12.0 Å². The Kier molecular flexibility index (Phi) is 3.32. The lowest BCUT2D eigenvalue weighted by Crippen LogP contribution is -1.99. The van der Waals surface area contributed by atoms with Crippen LogP contribution in [0.25, 0.3) is 11.3 Å². The smallest absolute Gasteiger partial charge is 0.223 e. The second-order valence-electron chi connectivity index (χ2n) is 3.69. The Hall–Kier alpha value is -1.97. The van der Waals surface area contributed by atoms with Crippen molar-refractivity contribution in [2.45, 2.75) is 13.3 Å². The molecule has 0 bridgehead atoms. The maximum atomic E-state index is 13.6. The van der Waals surface area contributed by atoms with Crippen LogP contribution in [0.2, 0.25) is 0 Å². The van der Waals surface area contributed by atoms with E-state index in [1.807, 2.05) is 24.3 Å². The van der Waals surface area contributed by atoms with Gasteiger partial charge in [-0.2, -0.15) is 0 Å². The van der Waals surface area contributed by atoms with Gasteiger partial charge in [0.15, 0.2) is 5.82 Å². The maximum absolute atomic E-state index is 13.6. The van der Waals surface area contributed by atoms with Crippen molar-refractivity contribution in [3.05, 3.63) is 41.8 Å². The van der Waals surface area contributed by atoms with Gasteiger partial charge in [-0.25, -0.2) is 14.4 Å². The lowest BCUT2D eigenvalue weighted by molar-refractivity contribution is 0.619. The molecule has 0 aliphatic rings. The van der Waals surface area contributed by atoms with Crippen LogP contribution in [0.5, 0.6) is 0 Å². The molecule has 3 nitrogen and oxygen atoms in total. The van der Waals surface area contributed by atoms with Gasteiger partial charge in [-0.3, -0.25) is 0 Å². The molecule has 0 aliphatic heterocycles. The minimum absolute atomic E-state index is 0.326. The number of nitrogens with one attached hydrogen (secondary N) is 1. The number of nitrogens with zero attached hydrogens (tertiary/aromatic N) is 2. The van der Waals surface area contributed by atoms with Crippen LogP contribution in [0.15, 0.2) is 30.5 Å². The van der Waals surface area contributed by atoms with Gasteiger partial charge in [0.1, 0.15) is 5.69 Å². The van der Waals surface area contributed by atoms with Crippen molar-refractivity contribution in [3.63, 3.8) is 0 Å². The molecular formula is C13H14FN3. The Bertz CT molecular complexity index is 509. The standard InChI is InChI=1S/C13H14FN3/c1-3-9-4-6-10(7-5-9)12-11(14)8-16-13(15-2)17-12/h4-8H,3H2,1-2H3,(H,15,16,17). The molecule has 17 heavy (non-hydrogen) atoms. The zero-order chi connectivity index (χ0) is 12.3. The number of aromatic nitrogens is 2. The summed E-state index contributed by atoms with van der Waals surface area (Å²) in [7, 11) is 1.71. The Labute approximate surface area is 99.7 Å². The van der Waals surface area contributed by atoms with E-state index in [2.05, 4.69) is 22.2 Å². The minimum Gasteiger partial charge on any atom is -0.357 e. The van der Waals surface area contributed by atoms with E-state index >= 15 is 0 Å². The van der Waals surface area contributed by atoms with E-state index in [0.29, 0.717) is 11.6 Å². The number of anilines is 1. The van der Waals surface area contributed by atoms with E-state index < -0.39 is 5.82 Å². The lowest BCUT2D eigenvalue weighted by Gasteiger charge is -2.05. The van der Waals surface area contributed by atoms with Crippen molar-refractivity contribution in [2.75, 3.05) is 12.4 Å². The first kappa shape index (κ1) is 11.5. The van der Waals surface area contributed by atoms with Crippen molar-refractivity contribution in [1.29, 1.82) is 0 Å². The van der Waals surface area contributed by atoms with Crippen LogP contribution >= 0.6 is 0 Å². The zero-order valence-corrected chi connectivity index (χ0v) is 9.87. The van der Waals surface area contributed by atoms with E-state index in [-0.39, 0.29) is 0 Å². The topological polar surface area (TPSA) is 37.8 Å². The third-order valence-electron chi connectivity index (χ3n) is 2.60. The first-order valence-electron chi connectivity index (χ1n) is 5.54. The number of halogens is 1. The van der Waals surface area contributed by atoms with Crippen molar-refractivity contribution >= 4 is 5.95 Å². The summed E-state index contributed by atoms with van der Waals surface area (Å²) in [6.07, 6.45) is 2.15. The molecule has 0 unspecified atom stereocenters. The molecule has 0 saturated carbocycles. The molecule has 2 aromatic rings. The van der Waals surface area contributed by atoms with E-state index in [1.165, 1.54) is 11.8 Å². The number of hydrogen-bond donors (Lipinski definition) is 1. The van der Waals surface area contributed by atoms with Crippen LogP contribution < -0.4 is 5.32 Å². The van der Waals surface area contributed by atoms with Crippen molar-refractivity contribution in [1.82, 2.24) is 9.97 Å². The third-order valence-corrected chi connectivity index (χ3v) is 2.60. The molecule has 1 N–H and O–H groups in total. The summed E-state index contributed by atoms with van der Waals surface area (Å²) in [6, 6.07) is 7.72. The number of rotatable bonds is 3. The van der Waals surface area contributed by atoms with Gasteiger partial charge in [0.2, 0.25) is 5.95 Å². The molecular weight excluding hydrogens is 217 g/mol. The molecule has 0 spiro atoms. The summed E-state index contributed by atoms with van der Waals surface area (Å²) in [6.45, 7) is 2.08. The molecule has 4 heteroatoms. The van der Waals surface area contributed by atoms with Crippen LogP contribution in [0, 0.1) is 5.82 Å².